The minimum Gasteiger partial charge on any atom is -0.480 e. The molecule has 0 aromatic heterocycles. The highest BCUT2D eigenvalue weighted by Crippen LogP contribution is 2.17. The second-order valence-corrected chi connectivity index (χ2v) is 4.69. The SMILES string of the molecule is CO[C@H](C(=O)N[C@@H](C[C@H](C)C#N)C(=O)O)c1ccccc1. The number of amides is 1. The molecule has 0 bridgehead atoms. The molecule has 0 aliphatic rings. The lowest BCUT2D eigenvalue weighted by Gasteiger charge is -2.20. The minimum atomic E-state index is -1.17. The van der Waals surface area contributed by atoms with Gasteiger partial charge in [0.25, 0.3) is 5.91 Å². The molecule has 112 valence electrons. The molecule has 6 heteroatoms. The average Bonchev–Trinajstić information content (AvgIpc) is 2.48. The van der Waals surface area contributed by atoms with Crippen molar-refractivity contribution in [3.63, 3.8) is 0 Å². The topological polar surface area (TPSA) is 99.4 Å². The van der Waals surface area contributed by atoms with E-state index in [1.54, 1.807) is 31.2 Å². The van der Waals surface area contributed by atoms with Crippen LogP contribution in [0.3, 0.4) is 0 Å². The van der Waals surface area contributed by atoms with Gasteiger partial charge in [-0.3, -0.25) is 4.79 Å². The molecule has 2 N–H and O–H groups in total. The Morgan fingerprint density at radius 3 is 2.48 bits per heavy atom. The number of nitriles is 1. The molecule has 0 radical (unpaired) electrons. The number of benzene rings is 1. The molecule has 0 fully saturated rings. The van der Waals surface area contributed by atoms with E-state index in [0.29, 0.717) is 5.56 Å². The van der Waals surface area contributed by atoms with Crippen LogP contribution in [0.2, 0.25) is 0 Å². The highest BCUT2D eigenvalue weighted by molar-refractivity contribution is 5.87. The molecular weight excluding hydrogens is 272 g/mol. The number of rotatable bonds is 7. The predicted octanol–water partition coefficient (Wildman–Crippen LogP) is 1.49. The maximum atomic E-state index is 12.2. The van der Waals surface area contributed by atoms with Crippen LogP contribution in [-0.4, -0.2) is 30.1 Å². The Bertz CT molecular complexity index is 524. The number of ether oxygens (including phenoxy) is 1. The van der Waals surface area contributed by atoms with Crippen molar-refractivity contribution in [2.45, 2.75) is 25.5 Å². The summed E-state index contributed by atoms with van der Waals surface area (Å²) in [6.45, 7) is 1.60. The van der Waals surface area contributed by atoms with Crippen LogP contribution in [0.4, 0.5) is 0 Å². The van der Waals surface area contributed by atoms with Crippen LogP contribution in [0, 0.1) is 17.2 Å². The van der Waals surface area contributed by atoms with Gasteiger partial charge in [0.2, 0.25) is 0 Å². The van der Waals surface area contributed by atoms with Gasteiger partial charge in [-0.05, 0) is 18.9 Å². The van der Waals surface area contributed by atoms with Gasteiger partial charge in [-0.1, -0.05) is 30.3 Å². The maximum Gasteiger partial charge on any atom is 0.326 e. The van der Waals surface area contributed by atoms with Crippen molar-refractivity contribution in [2.75, 3.05) is 7.11 Å². The second-order valence-electron chi connectivity index (χ2n) is 4.69. The monoisotopic (exact) mass is 290 g/mol. The quantitative estimate of drug-likeness (QED) is 0.792. The van der Waals surface area contributed by atoms with Crippen molar-refractivity contribution in [2.24, 2.45) is 5.92 Å². The largest absolute Gasteiger partial charge is 0.480 e. The lowest BCUT2D eigenvalue weighted by molar-refractivity contribution is -0.144. The molecular formula is C15H18N2O4. The standard InChI is InChI=1S/C15H18N2O4/c1-10(9-16)8-12(15(19)20)17-14(18)13(21-2)11-6-4-3-5-7-11/h3-7,10,12-13H,8H2,1-2H3,(H,17,18)(H,19,20)/t10-,12-,13-/m0/s1. The van der Waals surface area contributed by atoms with Crippen molar-refractivity contribution in [3.8, 4) is 6.07 Å². The lowest BCUT2D eigenvalue weighted by Crippen LogP contribution is -2.44. The van der Waals surface area contributed by atoms with E-state index in [9.17, 15) is 9.59 Å². The Labute approximate surface area is 123 Å². The third-order valence-electron chi connectivity index (χ3n) is 3.00. The van der Waals surface area contributed by atoms with E-state index < -0.39 is 29.9 Å². The number of hydrogen-bond acceptors (Lipinski definition) is 4. The molecule has 0 saturated heterocycles. The van der Waals surface area contributed by atoms with Crippen molar-refractivity contribution in [1.82, 2.24) is 5.32 Å². The van der Waals surface area contributed by atoms with Gasteiger partial charge in [0.1, 0.15) is 6.04 Å². The average molecular weight is 290 g/mol. The first-order chi connectivity index (χ1) is 9.99. The first kappa shape index (κ1) is 16.7. The number of carboxylic acids is 1. The minimum absolute atomic E-state index is 0.0444. The van der Waals surface area contributed by atoms with Crippen molar-refractivity contribution >= 4 is 11.9 Å². The van der Waals surface area contributed by atoms with Crippen molar-refractivity contribution in [1.29, 1.82) is 5.26 Å². The van der Waals surface area contributed by atoms with Gasteiger partial charge < -0.3 is 15.2 Å². The molecule has 0 saturated carbocycles. The molecule has 1 amide bonds. The molecule has 1 aromatic rings. The zero-order valence-corrected chi connectivity index (χ0v) is 11.9. The van der Waals surface area contributed by atoms with Gasteiger partial charge in [0.15, 0.2) is 6.10 Å². The summed E-state index contributed by atoms with van der Waals surface area (Å²) < 4.78 is 5.14. The molecule has 0 aliphatic carbocycles. The lowest BCUT2D eigenvalue weighted by atomic mass is 10.0. The summed E-state index contributed by atoms with van der Waals surface area (Å²) in [6, 6.07) is 9.62. The van der Waals surface area contributed by atoms with E-state index >= 15 is 0 Å². The van der Waals surface area contributed by atoms with E-state index in [1.165, 1.54) is 7.11 Å². The summed E-state index contributed by atoms with van der Waals surface area (Å²) in [4.78, 5) is 23.3. The summed E-state index contributed by atoms with van der Waals surface area (Å²) in [6.07, 6.45) is -0.839. The van der Waals surface area contributed by atoms with Crippen LogP contribution in [0.1, 0.15) is 25.0 Å². The molecule has 6 nitrogen and oxygen atoms in total. The highest BCUT2D eigenvalue weighted by atomic mass is 16.5. The van der Waals surface area contributed by atoms with Crippen LogP contribution in [-0.2, 0) is 14.3 Å². The first-order valence-electron chi connectivity index (χ1n) is 6.50. The van der Waals surface area contributed by atoms with Gasteiger partial charge in [0.05, 0.1) is 6.07 Å². The Morgan fingerprint density at radius 1 is 1.38 bits per heavy atom. The van der Waals surface area contributed by atoms with Crippen LogP contribution < -0.4 is 5.32 Å². The molecule has 1 aromatic carbocycles. The number of carbonyl (C=O) groups excluding carboxylic acids is 1. The Hall–Kier alpha value is -2.39. The molecule has 1 rings (SSSR count). The van der Waals surface area contributed by atoms with Crippen LogP contribution in [0.5, 0.6) is 0 Å². The third kappa shape index (κ3) is 4.89. The van der Waals surface area contributed by atoms with Gasteiger partial charge >= 0.3 is 5.97 Å². The molecule has 0 spiro atoms. The fourth-order valence-corrected chi connectivity index (χ4v) is 1.90. The van der Waals surface area contributed by atoms with E-state index in [0.717, 1.165) is 0 Å². The number of nitrogens with one attached hydrogen (secondary N) is 1. The maximum absolute atomic E-state index is 12.2. The number of carbonyl (C=O) groups is 2. The van der Waals surface area contributed by atoms with Crippen LogP contribution >= 0.6 is 0 Å². The first-order valence-corrected chi connectivity index (χ1v) is 6.50. The summed E-state index contributed by atoms with van der Waals surface area (Å²) in [5.41, 5.74) is 0.634. The number of nitrogens with zero attached hydrogens (tertiary/aromatic N) is 1. The molecule has 0 aliphatic heterocycles. The summed E-state index contributed by atoms with van der Waals surface area (Å²) in [5.74, 6) is -2.18. The molecule has 0 heterocycles. The summed E-state index contributed by atoms with van der Waals surface area (Å²) in [7, 11) is 1.38. The number of hydrogen-bond donors (Lipinski definition) is 2. The predicted molar refractivity (Wildman–Crippen MR) is 75.2 cm³/mol. The van der Waals surface area contributed by atoms with Gasteiger partial charge in [-0.25, -0.2) is 4.79 Å². The molecule has 21 heavy (non-hydrogen) atoms. The highest BCUT2D eigenvalue weighted by Gasteiger charge is 2.27. The Morgan fingerprint density at radius 2 is 2.00 bits per heavy atom. The molecule has 3 atom stereocenters. The van der Waals surface area contributed by atoms with Crippen LogP contribution in [0.25, 0.3) is 0 Å². The number of carboxylic acid groups (broad SMARTS) is 1. The zero-order valence-electron chi connectivity index (χ0n) is 11.9. The third-order valence-corrected chi connectivity index (χ3v) is 3.00. The van der Waals surface area contributed by atoms with Crippen molar-refractivity contribution in [3.05, 3.63) is 35.9 Å². The van der Waals surface area contributed by atoms with E-state index in [1.807, 2.05) is 12.1 Å². The van der Waals surface area contributed by atoms with Gasteiger partial charge in [-0.15, -0.1) is 0 Å². The van der Waals surface area contributed by atoms with E-state index in [-0.39, 0.29) is 6.42 Å². The molecule has 0 unspecified atom stereocenters. The van der Waals surface area contributed by atoms with E-state index in [2.05, 4.69) is 5.32 Å². The summed E-state index contributed by atoms with van der Waals surface area (Å²) in [5, 5.41) is 20.3. The number of methoxy groups -OCH3 is 1. The Balaban J connectivity index is 2.80. The number of aliphatic carboxylic acids is 1. The normalized spacial score (nSPS) is 14.5. The van der Waals surface area contributed by atoms with Crippen LogP contribution in [0.15, 0.2) is 30.3 Å². The second kappa shape index (κ2) is 8.02. The zero-order chi connectivity index (χ0) is 15.8. The van der Waals surface area contributed by atoms with Gasteiger partial charge in [-0.2, -0.15) is 5.26 Å². The fraction of sp³-hybridized carbons (Fsp3) is 0.400. The summed E-state index contributed by atoms with van der Waals surface area (Å²) >= 11 is 0. The van der Waals surface area contributed by atoms with E-state index in [4.69, 9.17) is 15.1 Å². The Kier molecular flexibility index (Phi) is 6.37. The fourth-order valence-electron chi connectivity index (χ4n) is 1.90. The smallest absolute Gasteiger partial charge is 0.326 e. The van der Waals surface area contributed by atoms with Crippen molar-refractivity contribution < 1.29 is 19.4 Å². The van der Waals surface area contributed by atoms with Gasteiger partial charge in [0, 0.05) is 13.0 Å².